The van der Waals surface area contributed by atoms with Gasteiger partial charge in [-0.05, 0) is 12.1 Å². The fraction of sp³-hybridized carbons (Fsp3) is 0.353. The van der Waals surface area contributed by atoms with Crippen LogP contribution in [0.4, 0.5) is 5.69 Å². The quantitative estimate of drug-likeness (QED) is 0.846. The summed E-state index contributed by atoms with van der Waals surface area (Å²) in [5.41, 5.74) is 1.86. The number of amides is 2. The summed E-state index contributed by atoms with van der Waals surface area (Å²) in [6, 6.07) is 9.90. The topological polar surface area (TPSA) is 65.5 Å². The molecule has 0 atom stereocenters. The first-order valence-electron chi connectivity index (χ1n) is 7.82. The van der Waals surface area contributed by atoms with E-state index in [0.29, 0.717) is 39.1 Å². The summed E-state index contributed by atoms with van der Waals surface area (Å²) in [6.07, 6.45) is 3.05. The van der Waals surface area contributed by atoms with Crippen molar-refractivity contribution in [2.24, 2.45) is 0 Å². The number of hydrogen-bond donors (Lipinski definition) is 1. The van der Waals surface area contributed by atoms with Gasteiger partial charge in [-0.15, -0.1) is 0 Å². The van der Waals surface area contributed by atoms with E-state index in [1.54, 1.807) is 11.1 Å². The lowest BCUT2D eigenvalue weighted by molar-refractivity contribution is -0.134. The van der Waals surface area contributed by atoms with E-state index in [4.69, 9.17) is 0 Å². The highest BCUT2D eigenvalue weighted by atomic mass is 16.2. The number of hydrogen-bond acceptors (Lipinski definition) is 4. The van der Waals surface area contributed by atoms with Gasteiger partial charge in [-0.25, -0.2) is 0 Å². The van der Waals surface area contributed by atoms with Crippen molar-refractivity contribution in [3.63, 3.8) is 0 Å². The Bertz CT molecular complexity index is 691. The van der Waals surface area contributed by atoms with E-state index in [2.05, 4.69) is 10.3 Å². The van der Waals surface area contributed by atoms with Crippen LogP contribution >= 0.6 is 0 Å². The SMILES string of the molecule is O=CN1CCN(C(=O)CCNc2cccc3cccnc23)CC1. The second-order valence-corrected chi connectivity index (χ2v) is 5.58. The number of nitrogens with one attached hydrogen (secondary N) is 1. The van der Waals surface area contributed by atoms with Crippen LogP contribution in [0.25, 0.3) is 10.9 Å². The molecule has 3 rings (SSSR count). The number of carbonyl (C=O) groups excluding carboxylic acids is 2. The van der Waals surface area contributed by atoms with E-state index < -0.39 is 0 Å². The van der Waals surface area contributed by atoms with Crippen LogP contribution in [0.3, 0.4) is 0 Å². The maximum Gasteiger partial charge on any atom is 0.224 e. The zero-order valence-corrected chi connectivity index (χ0v) is 12.9. The first-order valence-corrected chi connectivity index (χ1v) is 7.82. The molecule has 2 amide bonds. The van der Waals surface area contributed by atoms with E-state index in [1.807, 2.05) is 35.2 Å². The van der Waals surface area contributed by atoms with Gasteiger partial charge in [-0.2, -0.15) is 0 Å². The summed E-state index contributed by atoms with van der Waals surface area (Å²) in [7, 11) is 0. The number of carbonyl (C=O) groups is 2. The molecule has 1 saturated heterocycles. The third-order valence-corrected chi connectivity index (χ3v) is 4.10. The van der Waals surface area contributed by atoms with Gasteiger partial charge >= 0.3 is 0 Å². The Labute approximate surface area is 135 Å². The molecule has 1 aromatic heterocycles. The molecule has 1 aliphatic heterocycles. The van der Waals surface area contributed by atoms with Crippen molar-refractivity contribution in [2.45, 2.75) is 6.42 Å². The molecule has 0 saturated carbocycles. The van der Waals surface area contributed by atoms with Crippen molar-refractivity contribution >= 4 is 28.9 Å². The normalized spacial score (nSPS) is 14.8. The molecule has 0 bridgehead atoms. The molecular formula is C17H20N4O2. The molecule has 1 aromatic carbocycles. The molecule has 120 valence electrons. The lowest BCUT2D eigenvalue weighted by atomic mass is 10.2. The van der Waals surface area contributed by atoms with Crippen molar-refractivity contribution in [2.75, 3.05) is 38.0 Å². The number of fused-ring (bicyclic) bond motifs is 1. The number of benzene rings is 1. The number of nitrogens with zero attached hydrogens (tertiary/aromatic N) is 3. The van der Waals surface area contributed by atoms with Crippen molar-refractivity contribution in [3.05, 3.63) is 36.5 Å². The van der Waals surface area contributed by atoms with Crippen LogP contribution in [0, 0.1) is 0 Å². The third-order valence-electron chi connectivity index (χ3n) is 4.10. The summed E-state index contributed by atoms with van der Waals surface area (Å²) >= 11 is 0. The second kappa shape index (κ2) is 7.09. The van der Waals surface area contributed by atoms with Gasteiger partial charge in [0, 0.05) is 50.7 Å². The molecule has 1 N–H and O–H groups in total. The van der Waals surface area contributed by atoms with Crippen LogP contribution in [0.5, 0.6) is 0 Å². The highest BCUT2D eigenvalue weighted by molar-refractivity contribution is 5.90. The molecule has 2 aromatic rings. The Morgan fingerprint density at radius 1 is 1.17 bits per heavy atom. The molecule has 0 unspecified atom stereocenters. The van der Waals surface area contributed by atoms with Gasteiger partial charge in [-0.3, -0.25) is 14.6 Å². The van der Waals surface area contributed by atoms with Crippen LogP contribution in [-0.4, -0.2) is 59.8 Å². The molecule has 23 heavy (non-hydrogen) atoms. The van der Waals surface area contributed by atoms with Crippen LogP contribution in [0.2, 0.25) is 0 Å². The first-order chi connectivity index (χ1) is 11.3. The maximum atomic E-state index is 12.2. The van der Waals surface area contributed by atoms with E-state index in [-0.39, 0.29) is 5.91 Å². The largest absolute Gasteiger partial charge is 0.383 e. The van der Waals surface area contributed by atoms with Crippen LogP contribution in [0.1, 0.15) is 6.42 Å². The van der Waals surface area contributed by atoms with Gasteiger partial charge in [0.15, 0.2) is 0 Å². The van der Waals surface area contributed by atoms with E-state index >= 15 is 0 Å². The van der Waals surface area contributed by atoms with Gasteiger partial charge in [0.25, 0.3) is 0 Å². The Hall–Kier alpha value is -2.63. The van der Waals surface area contributed by atoms with Crippen LogP contribution < -0.4 is 5.32 Å². The zero-order chi connectivity index (χ0) is 16.1. The van der Waals surface area contributed by atoms with Crippen molar-refractivity contribution in [1.82, 2.24) is 14.8 Å². The first kappa shape index (κ1) is 15.3. The number of pyridine rings is 1. The number of rotatable bonds is 5. The van der Waals surface area contributed by atoms with Gasteiger partial charge in [0.1, 0.15) is 0 Å². The fourth-order valence-corrected chi connectivity index (χ4v) is 2.79. The molecule has 1 aliphatic rings. The monoisotopic (exact) mass is 312 g/mol. The Kier molecular flexibility index (Phi) is 4.71. The number of aromatic nitrogens is 1. The number of anilines is 1. The minimum atomic E-state index is 0.122. The highest BCUT2D eigenvalue weighted by Crippen LogP contribution is 2.20. The minimum Gasteiger partial charge on any atom is -0.383 e. The summed E-state index contributed by atoms with van der Waals surface area (Å²) in [5, 5.41) is 4.38. The lowest BCUT2D eigenvalue weighted by Crippen LogP contribution is -2.48. The molecule has 6 nitrogen and oxygen atoms in total. The lowest BCUT2D eigenvalue weighted by Gasteiger charge is -2.32. The van der Waals surface area contributed by atoms with E-state index in [0.717, 1.165) is 23.0 Å². The standard InChI is InChI=1S/C17H20N4O2/c22-13-20-9-11-21(12-10-20)16(23)6-8-18-15-5-1-3-14-4-2-7-19-17(14)15/h1-5,7,13,18H,6,8-12H2. The average Bonchev–Trinajstić information content (AvgIpc) is 2.62. The van der Waals surface area contributed by atoms with Gasteiger partial charge in [0.05, 0.1) is 11.2 Å². The Balaban J connectivity index is 1.53. The van der Waals surface area contributed by atoms with Crippen LogP contribution in [-0.2, 0) is 9.59 Å². The van der Waals surface area contributed by atoms with E-state index in [1.165, 1.54) is 0 Å². The number of para-hydroxylation sites is 1. The van der Waals surface area contributed by atoms with E-state index in [9.17, 15) is 9.59 Å². The van der Waals surface area contributed by atoms with Crippen molar-refractivity contribution in [3.8, 4) is 0 Å². The third kappa shape index (κ3) is 3.59. The molecule has 6 heteroatoms. The van der Waals surface area contributed by atoms with Crippen molar-refractivity contribution in [1.29, 1.82) is 0 Å². The summed E-state index contributed by atoms with van der Waals surface area (Å²) in [5.74, 6) is 0.122. The molecular weight excluding hydrogens is 292 g/mol. The fourth-order valence-electron chi connectivity index (χ4n) is 2.79. The number of piperazine rings is 1. The van der Waals surface area contributed by atoms with Gasteiger partial charge in [0.2, 0.25) is 12.3 Å². The molecule has 2 heterocycles. The van der Waals surface area contributed by atoms with Crippen LogP contribution in [0.15, 0.2) is 36.5 Å². The zero-order valence-electron chi connectivity index (χ0n) is 12.9. The Morgan fingerprint density at radius 2 is 1.96 bits per heavy atom. The molecule has 1 fully saturated rings. The minimum absolute atomic E-state index is 0.122. The smallest absolute Gasteiger partial charge is 0.224 e. The Morgan fingerprint density at radius 3 is 2.74 bits per heavy atom. The van der Waals surface area contributed by atoms with Gasteiger partial charge < -0.3 is 15.1 Å². The highest BCUT2D eigenvalue weighted by Gasteiger charge is 2.19. The summed E-state index contributed by atoms with van der Waals surface area (Å²) in [6.45, 7) is 3.05. The predicted molar refractivity (Wildman–Crippen MR) is 89.1 cm³/mol. The van der Waals surface area contributed by atoms with Crippen molar-refractivity contribution < 1.29 is 9.59 Å². The predicted octanol–water partition coefficient (Wildman–Crippen LogP) is 1.34. The molecule has 0 radical (unpaired) electrons. The molecule has 0 spiro atoms. The maximum absolute atomic E-state index is 12.2. The summed E-state index contributed by atoms with van der Waals surface area (Å²) < 4.78 is 0. The molecule has 0 aliphatic carbocycles. The average molecular weight is 312 g/mol. The summed E-state index contributed by atoms with van der Waals surface area (Å²) in [4.78, 5) is 30.8. The second-order valence-electron chi connectivity index (χ2n) is 5.58. The van der Waals surface area contributed by atoms with Gasteiger partial charge in [-0.1, -0.05) is 18.2 Å².